The third-order valence-corrected chi connectivity index (χ3v) is 4.21. The highest BCUT2D eigenvalue weighted by Gasteiger charge is 2.43. The number of nitrogens with one attached hydrogen (secondary N) is 1. The second kappa shape index (κ2) is 5.65. The van der Waals surface area contributed by atoms with E-state index in [-0.39, 0.29) is 12.3 Å². The van der Waals surface area contributed by atoms with Gasteiger partial charge in [-0.2, -0.15) is 0 Å². The Kier molecular flexibility index (Phi) is 4.25. The number of sulfonamides is 1. The van der Waals surface area contributed by atoms with Crippen molar-refractivity contribution >= 4 is 33.4 Å². The van der Waals surface area contributed by atoms with Crippen molar-refractivity contribution in [3.63, 3.8) is 0 Å². The minimum absolute atomic E-state index is 0.0327. The van der Waals surface area contributed by atoms with Crippen molar-refractivity contribution < 1.29 is 18.0 Å². The monoisotopic (exact) mass is 330 g/mol. The van der Waals surface area contributed by atoms with E-state index in [0.717, 1.165) is 6.26 Å². The summed E-state index contributed by atoms with van der Waals surface area (Å²) in [5.74, 6) is -1.66. The topological polar surface area (TPSA) is 83.6 Å². The fourth-order valence-corrected chi connectivity index (χ4v) is 3.23. The Labute approximate surface area is 128 Å². The summed E-state index contributed by atoms with van der Waals surface area (Å²) in [6.07, 6.45) is 0.870. The zero-order chi connectivity index (χ0) is 15.8. The quantitative estimate of drug-likeness (QED) is 0.893. The van der Waals surface area contributed by atoms with Crippen molar-refractivity contribution in [1.82, 2.24) is 9.62 Å². The van der Waals surface area contributed by atoms with Gasteiger partial charge in [0.2, 0.25) is 21.8 Å². The summed E-state index contributed by atoms with van der Waals surface area (Å²) in [5, 5.41) is 0.488. The number of carbonyl (C=O) groups excluding carboxylic acids is 2. The molecular weight excluding hydrogens is 316 g/mol. The van der Waals surface area contributed by atoms with Gasteiger partial charge in [-0.3, -0.25) is 14.3 Å². The van der Waals surface area contributed by atoms with Crippen LogP contribution in [0.4, 0.5) is 0 Å². The summed E-state index contributed by atoms with van der Waals surface area (Å²) in [5.41, 5.74) is 0.699. The number of amides is 2. The minimum Gasteiger partial charge on any atom is -0.338 e. The molecule has 1 aliphatic rings. The van der Waals surface area contributed by atoms with E-state index in [0.29, 0.717) is 10.6 Å². The lowest BCUT2D eigenvalue weighted by molar-refractivity contribution is -0.128. The Morgan fingerprint density at radius 2 is 2.10 bits per heavy atom. The van der Waals surface area contributed by atoms with Crippen LogP contribution in [-0.4, -0.2) is 38.4 Å². The van der Waals surface area contributed by atoms with E-state index in [2.05, 4.69) is 0 Å². The van der Waals surface area contributed by atoms with Gasteiger partial charge >= 0.3 is 0 Å². The predicted molar refractivity (Wildman–Crippen MR) is 78.1 cm³/mol. The lowest BCUT2D eigenvalue weighted by Crippen LogP contribution is -2.37. The lowest BCUT2D eigenvalue weighted by Gasteiger charge is -2.24. The maximum absolute atomic E-state index is 12.1. The van der Waals surface area contributed by atoms with Crippen molar-refractivity contribution in [2.45, 2.75) is 12.5 Å². The second-order valence-electron chi connectivity index (χ2n) is 5.05. The summed E-state index contributed by atoms with van der Waals surface area (Å²) in [6, 6.07) is 6.31. The minimum atomic E-state index is -3.66. The maximum atomic E-state index is 12.1. The predicted octanol–water partition coefficient (Wildman–Crippen LogP) is 0.935. The maximum Gasteiger partial charge on any atom is 0.239 e. The van der Waals surface area contributed by atoms with Crippen molar-refractivity contribution in [2.75, 3.05) is 13.3 Å². The number of nitrogens with zero attached hydrogens (tertiary/aromatic N) is 1. The SMILES string of the molecule is CN1C(=O)C[C@H](C(=O)NS(C)(=O)=O)[C@H]1c1cccc(Cl)c1. The molecule has 0 aromatic heterocycles. The van der Waals surface area contributed by atoms with Crippen molar-refractivity contribution in [3.05, 3.63) is 34.9 Å². The van der Waals surface area contributed by atoms with E-state index in [9.17, 15) is 18.0 Å². The van der Waals surface area contributed by atoms with Crippen molar-refractivity contribution in [1.29, 1.82) is 0 Å². The summed E-state index contributed by atoms with van der Waals surface area (Å²) < 4.78 is 24.4. The fraction of sp³-hybridized carbons (Fsp3) is 0.385. The van der Waals surface area contributed by atoms with Gasteiger partial charge in [0.1, 0.15) is 0 Å². The van der Waals surface area contributed by atoms with Crippen LogP contribution in [0.2, 0.25) is 5.02 Å². The Bertz CT molecular complexity index is 689. The Hall–Kier alpha value is -1.60. The molecule has 0 spiro atoms. The van der Waals surface area contributed by atoms with Gasteiger partial charge in [-0.15, -0.1) is 0 Å². The third-order valence-electron chi connectivity index (χ3n) is 3.40. The molecule has 8 heteroatoms. The van der Waals surface area contributed by atoms with E-state index in [1.807, 2.05) is 4.72 Å². The summed E-state index contributed by atoms with van der Waals surface area (Å²) >= 11 is 5.94. The molecule has 1 saturated heterocycles. The molecule has 0 saturated carbocycles. The molecule has 0 aliphatic carbocycles. The van der Waals surface area contributed by atoms with Gasteiger partial charge in [0.25, 0.3) is 0 Å². The fourth-order valence-electron chi connectivity index (χ4n) is 2.51. The number of likely N-dealkylation sites (tertiary alicyclic amines) is 1. The highest BCUT2D eigenvalue weighted by molar-refractivity contribution is 7.89. The summed E-state index contributed by atoms with van der Waals surface area (Å²) in [7, 11) is -2.08. The van der Waals surface area contributed by atoms with E-state index < -0.39 is 27.9 Å². The van der Waals surface area contributed by atoms with E-state index in [1.54, 1.807) is 31.3 Å². The Balaban J connectivity index is 2.35. The molecule has 1 heterocycles. The first-order valence-corrected chi connectivity index (χ1v) is 8.49. The van der Waals surface area contributed by atoms with Gasteiger partial charge in [0.15, 0.2) is 0 Å². The van der Waals surface area contributed by atoms with E-state index >= 15 is 0 Å². The molecule has 1 fully saturated rings. The molecule has 0 unspecified atom stereocenters. The van der Waals surface area contributed by atoms with Crippen LogP contribution in [0.3, 0.4) is 0 Å². The van der Waals surface area contributed by atoms with Crippen molar-refractivity contribution in [3.8, 4) is 0 Å². The molecule has 0 bridgehead atoms. The molecule has 0 radical (unpaired) electrons. The number of hydrogen-bond donors (Lipinski definition) is 1. The van der Waals surface area contributed by atoms with Gasteiger partial charge in [0.05, 0.1) is 18.2 Å². The van der Waals surface area contributed by atoms with Crippen LogP contribution in [0.5, 0.6) is 0 Å². The molecule has 21 heavy (non-hydrogen) atoms. The zero-order valence-electron chi connectivity index (χ0n) is 11.5. The van der Waals surface area contributed by atoms with Crippen LogP contribution in [0.15, 0.2) is 24.3 Å². The van der Waals surface area contributed by atoms with Gasteiger partial charge in [-0.05, 0) is 17.7 Å². The average molecular weight is 331 g/mol. The highest BCUT2D eigenvalue weighted by atomic mass is 35.5. The highest BCUT2D eigenvalue weighted by Crippen LogP contribution is 2.37. The smallest absolute Gasteiger partial charge is 0.239 e. The van der Waals surface area contributed by atoms with Crippen LogP contribution in [0.1, 0.15) is 18.0 Å². The number of carbonyl (C=O) groups is 2. The van der Waals surface area contributed by atoms with Crippen LogP contribution >= 0.6 is 11.6 Å². The van der Waals surface area contributed by atoms with E-state index in [1.165, 1.54) is 4.90 Å². The average Bonchev–Trinajstić information content (AvgIpc) is 2.64. The molecule has 2 rings (SSSR count). The Morgan fingerprint density at radius 3 is 2.67 bits per heavy atom. The van der Waals surface area contributed by atoms with Crippen molar-refractivity contribution in [2.24, 2.45) is 5.92 Å². The first-order valence-electron chi connectivity index (χ1n) is 6.22. The largest absolute Gasteiger partial charge is 0.338 e. The van der Waals surface area contributed by atoms with Gasteiger partial charge in [-0.1, -0.05) is 23.7 Å². The first-order chi connectivity index (χ1) is 9.69. The molecule has 2 atom stereocenters. The molecular formula is C13H15ClN2O4S. The zero-order valence-corrected chi connectivity index (χ0v) is 13.1. The number of benzene rings is 1. The first kappa shape index (κ1) is 15.8. The molecule has 1 N–H and O–H groups in total. The molecule has 2 amide bonds. The standard InChI is InChI=1S/C13H15ClN2O4S/c1-16-11(17)7-10(13(18)15-21(2,19)20)12(16)8-4-3-5-9(14)6-8/h3-6,10,12H,7H2,1-2H3,(H,15,18)/t10-,12+/m0/s1. The third kappa shape index (κ3) is 3.54. The number of hydrogen-bond acceptors (Lipinski definition) is 4. The summed E-state index contributed by atoms with van der Waals surface area (Å²) in [6.45, 7) is 0. The van der Waals surface area contributed by atoms with Gasteiger partial charge < -0.3 is 4.90 Å². The van der Waals surface area contributed by atoms with Crippen LogP contribution in [0.25, 0.3) is 0 Å². The number of halogens is 1. The van der Waals surface area contributed by atoms with Gasteiger partial charge in [0, 0.05) is 18.5 Å². The second-order valence-corrected chi connectivity index (χ2v) is 7.24. The summed E-state index contributed by atoms with van der Waals surface area (Å²) in [4.78, 5) is 25.4. The van der Waals surface area contributed by atoms with Crippen LogP contribution in [0, 0.1) is 5.92 Å². The van der Waals surface area contributed by atoms with Crippen LogP contribution < -0.4 is 4.72 Å². The number of rotatable bonds is 3. The molecule has 6 nitrogen and oxygen atoms in total. The normalized spacial score (nSPS) is 22.4. The van der Waals surface area contributed by atoms with Gasteiger partial charge in [-0.25, -0.2) is 8.42 Å². The molecule has 114 valence electrons. The van der Waals surface area contributed by atoms with Crippen LogP contribution in [-0.2, 0) is 19.6 Å². The molecule has 1 aromatic carbocycles. The lowest BCUT2D eigenvalue weighted by atomic mass is 9.93. The molecule has 1 aromatic rings. The molecule has 1 aliphatic heterocycles. The van der Waals surface area contributed by atoms with E-state index in [4.69, 9.17) is 11.6 Å². The Morgan fingerprint density at radius 1 is 1.43 bits per heavy atom.